The van der Waals surface area contributed by atoms with Gasteiger partial charge in [-0.3, -0.25) is 19.3 Å². The zero-order valence-electron chi connectivity index (χ0n) is 17.2. The summed E-state index contributed by atoms with van der Waals surface area (Å²) in [5.74, 6) is 0.602. The van der Waals surface area contributed by atoms with Crippen molar-refractivity contribution in [2.24, 2.45) is 23.7 Å². The van der Waals surface area contributed by atoms with Crippen molar-refractivity contribution in [1.82, 2.24) is 4.90 Å². The summed E-state index contributed by atoms with van der Waals surface area (Å²) in [4.78, 5) is 40.0. The molecular weight excluding hydrogens is 552 g/mol. The third-order valence-electron chi connectivity index (χ3n) is 6.80. The molecule has 6 nitrogen and oxygen atoms in total. The van der Waals surface area contributed by atoms with Crippen LogP contribution in [0.3, 0.4) is 0 Å². The highest BCUT2D eigenvalue weighted by Gasteiger charge is 2.66. The van der Waals surface area contributed by atoms with E-state index in [-0.39, 0.29) is 51.0 Å². The summed E-state index contributed by atoms with van der Waals surface area (Å²) >= 11 is 13.4. The second-order valence-electron chi connectivity index (χ2n) is 8.54. The molecule has 1 N–H and O–H groups in total. The number of fused-ring (bicyclic) bond motifs is 5. The molecule has 3 aliphatic rings. The van der Waals surface area contributed by atoms with Crippen LogP contribution in [-0.4, -0.2) is 45.9 Å². The van der Waals surface area contributed by atoms with Gasteiger partial charge in [-0.1, -0.05) is 49.9 Å². The number of imide groups is 1. The number of carbonyl (C=O) groups excluding carboxylic acids is 3. The second-order valence-corrected chi connectivity index (χ2v) is 11.1. The first-order chi connectivity index (χ1) is 14.8. The number of hydrogen-bond acceptors (Lipinski definition) is 4. The highest BCUT2D eigenvalue weighted by atomic mass is 79.9. The molecule has 2 bridgehead atoms. The minimum atomic E-state index is -0.158. The number of carbonyl (C=O) groups is 3. The van der Waals surface area contributed by atoms with Crippen LogP contribution in [0.25, 0.3) is 0 Å². The minimum absolute atomic E-state index is 0.00264. The van der Waals surface area contributed by atoms with Crippen molar-refractivity contribution in [3.05, 3.63) is 23.2 Å². The lowest BCUT2D eigenvalue weighted by molar-refractivity contribution is -0.140. The van der Waals surface area contributed by atoms with Gasteiger partial charge >= 0.3 is 0 Å². The molecule has 1 aromatic carbocycles. The second kappa shape index (κ2) is 9.40. The molecule has 1 heterocycles. The highest BCUT2D eigenvalue weighted by molar-refractivity contribution is 9.12. The average molecular weight is 577 g/mol. The van der Waals surface area contributed by atoms with Gasteiger partial charge < -0.3 is 10.1 Å². The van der Waals surface area contributed by atoms with E-state index in [4.69, 9.17) is 16.3 Å². The number of alkyl halides is 2. The van der Waals surface area contributed by atoms with Crippen LogP contribution < -0.4 is 10.1 Å². The summed E-state index contributed by atoms with van der Waals surface area (Å²) < 4.78 is 5.24. The number of amides is 3. The average Bonchev–Trinajstić information content (AvgIpc) is 3.34. The first kappa shape index (κ1) is 23.1. The monoisotopic (exact) mass is 574 g/mol. The molecule has 1 saturated heterocycles. The maximum Gasteiger partial charge on any atom is 0.233 e. The Hall–Kier alpha value is -1.12. The number of nitrogens with zero attached hydrogens (tertiary/aromatic N) is 1. The first-order valence-electron chi connectivity index (χ1n) is 10.6. The van der Waals surface area contributed by atoms with Gasteiger partial charge in [0.2, 0.25) is 17.7 Å². The van der Waals surface area contributed by atoms with E-state index in [0.717, 1.165) is 12.8 Å². The van der Waals surface area contributed by atoms with Gasteiger partial charge in [0.05, 0.1) is 24.6 Å². The fourth-order valence-corrected chi connectivity index (χ4v) is 7.40. The molecule has 2 aliphatic carbocycles. The van der Waals surface area contributed by atoms with Gasteiger partial charge in [-0.25, -0.2) is 0 Å². The van der Waals surface area contributed by atoms with Crippen LogP contribution in [0, 0.1) is 23.7 Å². The number of ether oxygens (including phenoxy) is 1. The van der Waals surface area contributed by atoms with Crippen molar-refractivity contribution in [1.29, 1.82) is 0 Å². The molecule has 4 rings (SSSR count). The molecule has 0 unspecified atom stereocenters. The molecule has 1 aliphatic heterocycles. The third-order valence-corrected chi connectivity index (χ3v) is 10.2. The number of hydrogen-bond donors (Lipinski definition) is 1. The quantitative estimate of drug-likeness (QED) is 0.278. The molecule has 3 amide bonds. The van der Waals surface area contributed by atoms with Gasteiger partial charge in [0, 0.05) is 27.6 Å². The lowest BCUT2D eigenvalue weighted by Gasteiger charge is -2.28. The van der Waals surface area contributed by atoms with Gasteiger partial charge in [0.25, 0.3) is 0 Å². The van der Waals surface area contributed by atoms with Gasteiger partial charge in [0.1, 0.15) is 5.75 Å². The van der Waals surface area contributed by atoms with E-state index in [9.17, 15) is 14.4 Å². The molecule has 31 heavy (non-hydrogen) atoms. The Balaban J connectivity index is 1.22. The fraction of sp³-hybridized carbons (Fsp3) is 0.591. The normalized spacial score (nSPS) is 31.3. The van der Waals surface area contributed by atoms with Gasteiger partial charge in [-0.05, 0) is 49.3 Å². The molecule has 0 radical (unpaired) electrons. The molecule has 1 aromatic rings. The zero-order chi connectivity index (χ0) is 22.3. The number of methoxy groups -OCH3 is 1. The largest absolute Gasteiger partial charge is 0.495 e. The smallest absolute Gasteiger partial charge is 0.233 e. The topological polar surface area (TPSA) is 75.7 Å². The summed E-state index contributed by atoms with van der Waals surface area (Å²) in [5, 5.41) is 3.34. The zero-order valence-corrected chi connectivity index (χ0v) is 21.1. The SMILES string of the molecule is COc1ccc(Cl)cc1NC(=O)CCCCCN1C(=O)[C@@H]2[C@H]3C[C@H]([C@H](Br)[C@@H]3Br)[C@@H]2C1=O. The van der Waals surface area contributed by atoms with Gasteiger partial charge in [-0.2, -0.15) is 0 Å². The van der Waals surface area contributed by atoms with E-state index in [1.165, 1.54) is 12.0 Å². The molecule has 0 spiro atoms. The Bertz CT molecular complexity index is 866. The van der Waals surface area contributed by atoms with Crippen molar-refractivity contribution >= 4 is 66.9 Å². The Morgan fingerprint density at radius 3 is 2.39 bits per heavy atom. The lowest BCUT2D eigenvalue weighted by atomic mass is 9.81. The Labute approximate surface area is 203 Å². The predicted octanol–water partition coefficient (Wildman–Crippen LogP) is 4.63. The van der Waals surface area contributed by atoms with E-state index in [0.29, 0.717) is 42.3 Å². The molecule has 3 fully saturated rings. The van der Waals surface area contributed by atoms with Gasteiger partial charge in [0.15, 0.2) is 0 Å². The number of nitrogens with one attached hydrogen (secondary N) is 1. The molecular formula is C22H25Br2ClN2O4. The van der Waals surface area contributed by atoms with Crippen LogP contribution in [0.15, 0.2) is 18.2 Å². The maximum absolute atomic E-state index is 12.9. The van der Waals surface area contributed by atoms with Crippen molar-refractivity contribution in [3.63, 3.8) is 0 Å². The van der Waals surface area contributed by atoms with Crippen molar-refractivity contribution in [3.8, 4) is 5.75 Å². The van der Waals surface area contributed by atoms with E-state index in [1.54, 1.807) is 18.2 Å². The number of likely N-dealkylation sites (tertiary alicyclic amines) is 1. The van der Waals surface area contributed by atoms with Crippen LogP contribution in [-0.2, 0) is 14.4 Å². The summed E-state index contributed by atoms with van der Waals surface area (Å²) in [7, 11) is 1.54. The third kappa shape index (κ3) is 4.27. The van der Waals surface area contributed by atoms with Crippen LogP contribution >= 0.6 is 43.5 Å². The van der Waals surface area contributed by atoms with Crippen LogP contribution in [0.1, 0.15) is 32.1 Å². The standard InChI is InChI=1S/C22H25Br2ClN2O4/c1-31-15-7-6-11(25)9-14(15)26-16(28)5-3-2-4-8-27-21(29)17-12-10-13(18(17)22(27)30)20(24)19(12)23/h6-7,9,12-13,17-20H,2-5,8,10H2,1H3,(H,26,28)/t12-,13+,17-,18+,19-,20+. The van der Waals surface area contributed by atoms with Crippen LogP contribution in [0.2, 0.25) is 5.02 Å². The summed E-state index contributed by atoms with van der Waals surface area (Å²) in [6.45, 7) is 0.438. The number of halogens is 3. The van der Waals surface area contributed by atoms with Gasteiger partial charge in [-0.15, -0.1) is 0 Å². The number of benzene rings is 1. The maximum atomic E-state index is 12.9. The minimum Gasteiger partial charge on any atom is -0.495 e. The molecule has 2 saturated carbocycles. The van der Waals surface area contributed by atoms with E-state index >= 15 is 0 Å². The number of rotatable bonds is 8. The Morgan fingerprint density at radius 2 is 1.77 bits per heavy atom. The number of anilines is 1. The Morgan fingerprint density at radius 1 is 1.13 bits per heavy atom. The van der Waals surface area contributed by atoms with Crippen LogP contribution in [0.5, 0.6) is 5.75 Å². The predicted molar refractivity (Wildman–Crippen MR) is 126 cm³/mol. The van der Waals surface area contributed by atoms with E-state index < -0.39 is 0 Å². The Kier molecular flexibility index (Phi) is 6.99. The van der Waals surface area contributed by atoms with Crippen molar-refractivity contribution < 1.29 is 19.1 Å². The first-order valence-corrected chi connectivity index (χ1v) is 12.8. The highest BCUT2D eigenvalue weighted by Crippen LogP contribution is 2.60. The summed E-state index contributed by atoms with van der Waals surface area (Å²) in [5.41, 5.74) is 0.546. The molecule has 9 heteroatoms. The fourth-order valence-electron chi connectivity index (χ4n) is 5.35. The summed E-state index contributed by atoms with van der Waals surface area (Å²) in [6, 6.07) is 5.06. The van der Waals surface area contributed by atoms with Crippen molar-refractivity contribution in [2.45, 2.75) is 41.8 Å². The van der Waals surface area contributed by atoms with Crippen molar-refractivity contribution in [2.75, 3.05) is 19.0 Å². The van der Waals surface area contributed by atoms with E-state index in [1.807, 2.05) is 0 Å². The lowest BCUT2D eigenvalue weighted by Crippen LogP contribution is -2.37. The molecule has 6 atom stereocenters. The summed E-state index contributed by atoms with van der Waals surface area (Å²) in [6.07, 6.45) is 3.44. The molecule has 168 valence electrons. The van der Waals surface area contributed by atoms with E-state index in [2.05, 4.69) is 37.2 Å². The molecule has 0 aromatic heterocycles. The van der Waals surface area contributed by atoms with Crippen LogP contribution in [0.4, 0.5) is 5.69 Å². The number of unbranched alkanes of at least 4 members (excludes halogenated alkanes) is 2.